The van der Waals surface area contributed by atoms with Crippen LogP contribution in [-0.4, -0.2) is 38.7 Å². The van der Waals surface area contributed by atoms with Crippen LogP contribution in [0.4, 0.5) is 23.2 Å². The number of allylic oxidation sites excluding steroid dienone is 1. The number of methoxy groups -OCH3 is 2. The van der Waals surface area contributed by atoms with E-state index >= 15 is 0 Å². The minimum absolute atomic E-state index is 0.0151. The third-order valence-electron chi connectivity index (χ3n) is 5.21. The van der Waals surface area contributed by atoms with Gasteiger partial charge in [-0.2, -0.15) is 22.8 Å². The van der Waals surface area contributed by atoms with Crippen molar-refractivity contribution in [3.8, 4) is 11.8 Å². The molecule has 2 aromatic rings. The maximum absolute atomic E-state index is 13.3. The summed E-state index contributed by atoms with van der Waals surface area (Å²) in [6.07, 6.45) is -8.81. The van der Waals surface area contributed by atoms with Crippen molar-refractivity contribution >= 4 is 17.6 Å². The van der Waals surface area contributed by atoms with Gasteiger partial charge < -0.3 is 19.9 Å². The molecule has 12 heteroatoms. The number of hydrogen-bond acceptors (Lipinski definition) is 8. The molecule has 0 bridgehead atoms. The Morgan fingerprint density at radius 3 is 2.11 bits per heavy atom. The number of hydrogen-bond donors (Lipinski definition) is 1. The first-order chi connectivity index (χ1) is 17.1. The average molecular weight is 505 g/mol. The number of nitriles is 1. The highest BCUT2D eigenvalue weighted by atomic mass is 19.3. The fourth-order valence-electron chi connectivity index (χ4n) is 3.65. The monoisotopic (exact) mass is 505 g/mol. The van der Waals surface area contributed by atoms with Crippen molar-refractivity contribution in [3.63, 3.8) is 0 Å². The molecule has 0 spiro atoms. The van der Waals surface area contributed by atoms with E-state index in [0.717, 1.165) is 43.4 Å². The van der Waals surface area contributed by atoms with Gasteiger partial charge in [-0.1, -0.05) is 30.3 Å². The molecule has 0 aromatic heterocycles. The van der Waals surface area contributed by atoms with Gasteiger partial charge in [-0.05, 0) is 29.8 Å². The maximum atomic E-state index is 13.3. The maximum Gasteiger partial charge on any atom is 0.461 e. The predicted molar refractivity (Wildman–Crippen MR) is 118 cm³/mol. The Labute approximate surface area is 202 Å². The van der Waals surface area contributed by atoms with Gasteiger partial charge >= 0.3 is 24.5 Å². The normalized spacial score (nSPS) is 16.1. The number of nitrogens with two attached hydrogens (primary N) is 1. The minimum Gasteiger partial charge on any atom is -0.466 e. The Kier molecular flexibility index (Phi) is 7.53. The predicted octanol–water partition coefficient (Wildman–Crippen LogP) is 3.82. The first-order valence-electron chi connectivity index (χ1n) is 10.2. The Morgan fingerprint density at radius 2 is 1.61 bits per heavy atom. The van der Waals surface area contributed by atoms with Gasteiger partial charge in [0.05, 0.1) is 37.4 Å². The fourth-order valence-corrected chi connectivity index (χ4v) is 3.65. The van der Waals surface area contributed by atoms with Crippen molar-refractivity contribution < 1.29 is 41.4 Å². The second-order valence-corrected chi connectivity index (χ2v) is 7.29. The molecule has 1 heterocycles. The molecule has 1 aliphatic heterocycles. The van der Waals surface area contributed by atoms with Crippen LogP contribution in [0.3, 0.4) is 0 Å². The molecule has 0 aliphatic carbocycles. The van der Waals surface area contributed by atoms with Gasteiger partial charge in [0.2, 0.25) is 0 Å². The highest BCUT2D eigenvalue weighted by molar-refractivity contribution is 6.06. The lowest BCUT2D eigenvalue weighted by atomic mass is 9.81. The van der Waals surface area contributed by atoms with E-state index in [-0.39, 0.29) is 28.4 Å². The molecule has 36 heavy (non-hydrogen) atoms. The molecule has 0 fully saturated rings. The summed E-state index contributed by atoms with van der Waals surface area (Å²) >= 11 is 0. The van der Waals surface area contributed by atoms with E-state index in [4.69, 9.17) is 15.2 Å². The second kappa shape index (κ2) is 10.4. The molecular formula is C24H19F4N3O5. The van der Waals surface area contributed by atoms with Gasteiger partial charge in [0.25, 0.3) is 0 Å². The molecule has 1 atom stereocenters. The number of anilines is 1. The lowest BCUT2D eigenvalue weighted by Gasteiger charge is -2.35. The number of carbonyl (C=O) groups is 2. The van der Waals surface area contributed by atoms with Gasteiger partial charge in [0.1, 0.15) is 17.3 Å². The Morgan fingerprint density at radius 1 is 1.03 bits per heavy atom. The molecule has 1 unspecified atom stereocenters. The number of benzene rings is 2. The van der Waals surface area contributed by atoms with E-state index in [0.29, 0.717) is 5.56 Å². The van der Waals surface area contributed by atoms with E-state index in [2.05, 4.69) is 4.74 Å². The largest absolute Gasteiger partial charge is 0.466 e. The van der Waals surface area contributed by atoms with Crippen LogP contribution in [0.1, 0.15) is 11.5 Å². The summed E-state index contributed by atoms with van der Waals surface area (Å²) < 4.78 is 65.3. The molecule has 2 N–H and O–H groups in total. The zero-order valence-electron chi connectivity index (χ0n) is 18.9. The summed E-state index contributed by atoms with van der Waals surface area (Å²) in [6, 6.07) is 14.3. The highest BCUT2D eigenvalue weighted by Crippen LogP contribution is 2.43. The van der Waals surface area contributed by atoms with Crippen molar-refractivity contribution in [1.29, 1.82) is 5.26 Å². The van der Waals surface area contributed by atoms with Crippen LogP contribution in [-0.2, 0) is 19.1 Å². The SMILES string of the molecule is COC(=O)C1=C(C(=O)OC)N(c2ccc(OC(F)(F)C(F)F)cc2)C(N)=C(C#N)C1c1ccccc1. The molecule has 3 rings (SSSR count). The number of alkyl halides is 4. The van der Waals surface area contributed by atoms with E-state index in [1.54, 1.807) is 30.3 Å². The van der Waals surface area contributed by atoms with E-state index < -0.39 is 36.1 Å². The molecule has 0 amide bonds. The van der Waals surface area contributed by atoms with Crippen LogP contribution in [0, 0.1) is 11.3 Å². The minimum atomic E-state index is -4.74. The second-order valence-electron chi connectivity index (χ2n) is 7.29. The van der Waals surface area contributed by atoms with Crippen molar-refractivity contribution in [3.05, 3.63) is 82.8 Å². The van der Waals surface area contributed by atoms with Gasteiger partial charge in [0.15, 0.2) is 0 Å². The van der Waals surface area contributed by atoms with Crippen LogP contribution in [0.5, 0.6) is 5.75 Å². The van der Waals surface area contributed by atoms with E-state index in [1.165, 1.54) is 0 Å². The van der Waals surface area contributed by atoms with Crippen molar-refractivity contribution in [2.24, 2.45) is 5.73 Å². The highest BCUT2D eigenvalue weighted by Gasteiger charge is 2.45. The third-order valence-corrected chi connectivity index (χ3v) is 5.21. The number of nitrogens with zero attached hydrogens (tertiary/aromatic N) is 2. The number of rotatable bonds is 7. The number of halogens is 4. The fraction of sp³-hybridized carbons (Fsp3) is 0.208. The molecule has 8 nitrogen and oxygen atoms in total. The van der Waals surface area contributed by atoms with Crippen molar-refractivity contribution in [1.82, 2.24) is 0 Å². The lowest BCUT2D eigenvalue weighted by Crippen LogP contribution is -2.40. The van der Waals surface area contributed by atoms with Gasteiger partial charge in [0, 0.05) is 5.69 Å². The van der Waals surface area contributed by atoms with Gasteiger partial charge in [-0.3, -0.25) is 4.90 Å². The summed E-state index contributed by atoms with van der Waals surface area (Å²) in [5.41, 5.74) is 6.01. The first-order valence-corrected chi connectivity index (χ1v) is 10.2. The zero-order chi connectivity index (χ0) is 26.6. The Hall–Kier alpha value is -4.53. The average Bonchev–Trinajstić information content (AvgIpc) is 2.87. The summed E-state index contributed by atoms with van der Waals surface area (Å²) in [5, 5.41) is 9.96. The molecule has 0 saturated carbocycles. The topological polar surface area (TPSA) is 115 Å². The third kappa shape index (κ3) is 4.81. The summed E-state index contributed by atoms with van der Waals surface area (Å²) in [4.78, 5) is 26.9. The zero-order valence-corrected chi connectivity index (χ0v) is 18.9. The molecular weight excluding hydrogens is 486 g/mol. The number of carbonyl (C=O) groups excluding carboxylic acids is 2. The molecule has 188 valence electrons. The first kappa shape index (κ1) is 26.1. The smallest absolute Gasteiger partial charge is 0.461 e. The molecule has 0 saturated heterocycles. The summed E-state index contributed by atoms with van der Waals surface area (Å²) in [5.74, 6) is -3.93. The number of esters is 2. The Bertz CT molecular complexity index is 1250. The van der Waals surface area contributed by atoms with E-state index in [9.17, 15) is 32.4 Å². The number of ether oxygens (including phenoxy) is 3. The molecule has 0 radical (unpaired) electrons. The van der Waals surface area contributed by atoms with Crippen molar-refractivity contribution in [2.45, 2.75) is 18.5 Å². The van der Waals surface area contributed by atoms with Crippen LogP contribution in [0.15, 0.2) is 77.3 Å². The molecule has 1 aliphatic rings. The summed E-state index contributed by atoms with van der Waals surface area (Å²) in [6.45, 7) is 0. The van der Waals surface area contributed by atoms with Crippen LogP contribution < -0.4 is 15.4 Å². The van der Waals surface area contributed by atoms with E-state index in [1.807, 2.05) is 6.07 Å². The molecule has 2 aromatic carbocycles. The standard InChI is InChI=1S/C24H19F4N3O5/c1-34-21(32)18-17(13-6-4-3-5-7-13)16(12-29)20(30)31(19(18)22(33)35-2)14-8-10-15(11-9-14)36-24(27,28)23(25)26/h3-11,17,23H,30H2,1-2H3. The van der Waals surface area contributed by atoms with Crippen LogP contribution in [0.2, 0.25) is 0 Å². The summed E-state index contributed by atoms with van der Waals surface area (Å²) in [7, 11) is 2.14. The van der Waals surface area contributed by atoms with Gasteiger partial charge in [-0.15, -0.1) is 0 Å². The lowest BCUT2D eigenvalue weighted by molar-refractivity contribution is -0.253. The van der Waals surface area contributed by atoms with Gasteiger partial charge in [-0.25, -0.2) is 9.59 Å². The Balaban J connectivity index is 2.24. The van der Waals surface area contributed by atoms with Crippen LogP contribution in [0.25, 0.3) is 0 Å². The quantitative estimate of drug-likeness (QED) is 0.446. The van der Waals surface area contributed by atoms with Crippen LogP contribution >= 0.6 is 0 Å². The van der Waals surface area contributed by atoms with Crippen molar-refractivity contribution in [2.75, 3.05) is 19.1 Å².